The van der Waals surface area contributed by atoms with Crippen LogP contribution in [-0.4, -0.2) is 37.7 Å². The maximum atomic E-state index is 12.4. The molecule has 1 N–H and O–H groups in total. The molecular weight excluding hydrogens is 276 g/mol. The monoisotopic (exact) mass is 297 g/mol. The lowest BCUT2D eigenvalue weighted by Gasteiger charge is -2.20. The highest BCUT2D eigenvalue weighted by molar-refractivity contribution is 5.38. The summed E-state index contributed by atoms with van der Waals surface area (Å²) in [6.07, 6.45) is 0. The van der Waals surface area contributed by atoms with Gasteiger partial charge in [-0.3, -0.25) is 5.32 Å². The van der Waals surface area contributed by atoms with E-state index in [2.05, 4.69) is 34.9 Å². The molecule has 0 saturated carbocycles. The third-order valence-electron chi connectivity index (χ3n) is 3.25. The second kappa shape index (κ2) is 9.27. The Bertz CT molecular complexity index is 458. The summed E-state index contributed by atoms with van der Waals surface area (Å²) < 4.78 is 29.2. The zero-order chi connectivity index (χ0) is 15.7. The highest BCUT2D eigenvalue weighted by Crippen LogP contribution is 2.26. The Hall–Kier alpha value is -1.71. The highest BCUT2D eigenvalue weighted by atomic mass is 19.3. The van der Waals surface area contributed by atoms with Gasteiger partial charge in [-0.25, -0.2) is 0 Å². The number of hydrogen-bond donors (Lipinski definition) is 1. The van der Waals surface area contributed by atoms with Crippen LogP contribution in [0.1, 0.15) is 25.5 Å². The summed E-state index contributed by atoms with van der Waals surface area (Å²) in [4.78, 5) is 2.21. The van der Waals surface area contributed by atoms with Crippen molar-refractivity contribution in [1.82, 2.24) is 10.2 Å². The van der Waals surface area contributed by atoms with E-state index in [-0.39, 0.29) is 5.75 Å². The van der Waals surface area contributed by atoms with E-state index < -0.39 is 12.7 Å². The number of para-hydroxylation sites is 1. The number of alkyl halides is 2. The number of likely N-dealkylation sites (N-methyl/N-ethyl adjacent to an activating group) is 1. The first kappa shape index (κ1) is 17.3. The zero-order valence-corrected chi connectivity index (χ0v) is 12.4. The van der Waals surface area contributed by atoms with Gasteiger partial charge in [-0.15, -0.1) is 0 Å². The maximum Gasteiger partial charge on any atom is 0.387 e. The van der Waals surface area contributed by atoms with Gasteiger partial charge in [0.1, 0.15) is 11.8 Å². The van der Waals surface area contributed by atoms with Crippen LogP contribution in [0.4, 0.5) is 8.78 Å². The molecule has 1 rings (SSSR count). The topological polar surface area (TPSA) is 48.3 Å². The van der Waals surface area contributed by atoms with Gasteiger partial charge in [0, 0.05) is 18.7 Å². The van der Waals surface area contributed by atoms with E-state index in [4.69, 9.17) is 0 Å². The summed E-state index contributed by atoms with van der Waals surface area (Å²) in [6.45, 7) is 4.49. The van der Waals surface area contributed by atoms with Crippen molar-refractivity contribution < 1.29 is 13.5 Å². The third-order valence-corrected chi connectivity index (χ3v) is 3.25. The Morgan fingerprint density at radius 3 is 2.52 bits per heavy atom. The molecule has 0 bridgehead atoms. The van der Waals surface area contributed by atoms with Gasteiger partial charge in [0.05, 0.1) is 6.07 Å². The Morgan fingerprint density at radius 2 is 1.95 bits per heavy atom. The van der Waals surface area contributed by atoms with Crippen LogP contribution in [-0.2, 0) is 0 Å². The van der Waals surface area contributed by atoms with Crippen LogP contribution >= 0.6 is 0 Å². The molecule has 0 amide bonds. The number of nitrogens with zero attached hydrogens (tertiary/aromatic N) is 2. The van der Waals surface area contributed by atoms with Crippen molar-refractivity contribution in [2.45, 2.75) is 26.5 Å². The Morgan fingerprint density at radius 1 is 1.29 bits per heavy atom. The molecular formula is C15H21F2N3O. The van der Waals surface area contributed by atoms with Crippen molar-refractivity contribution >= 4 is 0 Å². The predicted molar refractivity (Wildman–Crippen MR) is 77.2 cm³/mol. The minimum atomic E-state index is -2.90. The van der Waals surface area contributed by atoms with Crippen LogP contribution < -0.4 is 10.1 Å². The molecule has 0 saturated heterocycles. The lowest BCUT2D eigenvalue weighted by molar-refractivity contribution is -0.0505. The minimum absolute atomic E-state index is 0.0365. The fraction of sp³-hybridized carbons (Fsp3) is 0.533. The van der Waals surface area contributed by atoms with Crippen LogP contribution in [0.2, 0.25) is 0 Å². The minimum Gasteiger partial charge on any atom is -0.434 e. The molecule has 116 valence electrons. The predicted octanol–water partition coefficient (Wildman–Crippen LogP) is 2.78. The summed E-state index contributed by atoms with van der Waals surface area (Å²) in [6, 6.07) is 7.78. The SMILES string of the molecule is CCN(CC)CCNC(C#N)c1ccccc1OC(F)F. The van der Waals surface area contributed by atoms with Crippen molar-refractivity contribution in [2.75, 3.05) is 26.2 Å². The van der Waals surface area contributed by atoms with Crippen LogP contribution in [0.3, 0.4) is 0 Å². The van der Waals surface area contributed by atoms with Gasteiger partial charge in [-0.05, 0) is 19.2 Å². The normalized spacial score (nSPS) is 12.4. The number of ether oxygens (including phenoxy) is 1. The largest absolute Gasteiger partial charge is 0.434 e. The van der Waals surface area contributed by atoms with Crippen molar-refractivity contribution in [3.05, 3.63) is 29.8 Å². The first-order valence-corrected chi connectivity index (χ1v) is 7.01. The number of halogens is 2. The molecule has 0 spiro atoms. The summed E-state index contributed by atoms with van der Waals surface area (Å²) >= 11 is 0. The van der Waals surface area contributed by atoms with Gasteiger partial charge >= 0.3 is 6.61 Å². The molecule has 0 heterocycles. The molecule has 21 heavy (non-hydrogen) atoms. The number of nitrogens with one attached hydrogen (secondary N) is 1. The zero-order valence-electron chi connectivity index (χ0n) is 12.4. The Balaban J connectivity index is 2.70. The molecule has 0 aromatic heterocycles. The van der Waals surface area contributed by atoms with E-state index in [1.165, 1.54) is 6.07 Å². The molecule has 6 heteroatoms. The maximum absolute atomic E-state index is 12.4. The first-order chi connectivity index (χ1) is 10.1. The second-order valence-corrected chi connectivity index (χ2v) is 4.46. The summed E-state index contributed by atoms with van der Waals surface area (Å²) in [7, 11) is 0. The van der Waals surface area contributed by atoms with Crippen molar-refractivity contribution in [2.24, 2.45) is 0 Å². The Labute approximate surface area is 124 Å². The number of benzene rings is 1. The van der Waals surface area contributed by atoms with Gasteiger partial charge in [-0.1, -0.05) is 32.0 Å². The summed E-state index contributed by atoms with van der Waals surface area (Å²) in [5.74, 6) is 0.0365. The van der Waals surface area contributed by atoms with Gasteiger partial charge in [-0.2, -0.15) is 14.0 Å². The molecule has 0 radical (unpaired) electrons. The van der Waals surface area contributed by atoms with Gasteiger partial charge < -0.3 is 9.64 Å². The van der Waals surface area contributed by atoms with Crippen LogP contribution in [0.15, 0.2) is 24.3 Å². The lowest BCUT2D eigenvalue weighted by Crippen LogP contribution is -2.33. The van der Waals surface area contributed by atoms with Crippen molar-refractivity contribution in [3.8, 4) is 11.8 Å². The van der Waals surface area contributed by atoms with Gasteiger partial charge in [0.15, 0.2) is 0 Å². The number of rotatable bonds is 9. The van der Waals surface area contributed by atoms with Crippen LogP contribution in [0.5, 0.6) is 5.75 Å². The van der Waals surface area contributed by atoms with E-state index in [0.717, 1.165) is 19.6 Å². The van der Waals surface area contributed by atoms with E-state index >= 15 is 0 Å². The molecule has 0 aliphatic heterocycles. The smallest absolute Gasteiger partial charge is 0.387 e. The van der Waals surface area contributed by atoms with E-state index in [0.29, 0.717) is 12.1 Å². The highest BCUT2D eigenvalue weighted by Gasteiger charge is 2.17. The quantitative estimate of drug-likeness (QED) is 0.761. The average Bonchev–Trinajstić information content (AvgIpc) is 2.48. The third kappa shape index (κ3) is 5.66. The average molecular weight is 297 g/mol. The molecule has 1 unspecified atom stereocenters. The van der Waals surface area contributed by atoms with E-state index in [1.807, 2.05) is 0 Å². The molecule has 0 aliphatic carbocycles. The Kier molecular flexibility index (Phi) is 7.65. The molecule has 1 aromatic rings. The van der Waals surface area contributed by atoms with Crippen LogP contribution in [0, 0.1) is 11.3 Å². The second-order valence-electron chi connectivity index (χ2n) is 4.46. The lowest BCUT2D eigenvalue weighted by atomic mass is 10.1. The van der Waals surface area contributed by atoms with E-state index in [9.17, 15) is 14.0 Å². The standard InChI is InChI=1S/C15H21F2N3O/c1-3-20(4-2)10-9-19-13(11-18)12-7-5-6-8-14(12)21-15(16)17/h5-8,13,15,19H,3-4,9-10H2,1-2H3. The fourth-order valence-electron chi connectivity index (χ4n) is 2.05. The van der Waals surface area contributed by atoms with Crippen molar-refractivity contribution in [3.63, 3.8) is 0 Å². The molecule has 0 aliphatic rings. The van der Waals surface area contributed by atoms with Crippen LogP contribution in [0.25, 0.3) is 0 Å². The first-order valence-electron chi connectivity index (χ1n) is 7.01. The molecule has 1 aromatic carbocycles. The molecule has 1 atom stereocenters. The molecule has 4 nitrogen and oxygen atoms in total. The van der Waals surface area contributed by atoms with E-state index in [1.54, 1.807) is 18.2 Å². The fourth-order valence-corrected chi connectivity index (χ4v) is 2.05. The van der Waals surface area contributed by atoms with Crippen molar-refractivity contribution in [1.29, 1.82) is 5.26 Å². The number of hydrogen-bond acceptors (Lipinski definition) is 4. The van der Waals surface area contributed by atoms with Gasteiger partial charge in [0.2, 0.25) is 0 Å². The molecule has 0 fully saturated rings. The van der Waals surface area contributed by atoms with Gasteiger partial charge in [0.25, 0.3) is 0 Å². The summed E-state index contributed by atoms with van der Waals surface area (Å²) in [5.41, 5.74) is 0.430. The number of nitriles is 1. The summed E-state index contributed by atoms with van der Waals surface area (Å²) in [5, 5.41) is 12.3.